The van der Waals surface area contributed by atoms with E-state index in [0.717, 1.165) is 0 Å². The molecular weight excluding hydrogens is 814 g/mol. The maximum atomic E-state index is 14.9. The molecule has 0 aliphatic carbocycles. The molecule has 0 unspecified atom stereocenters. The van der Waals surface area contributed by atoms with Gasteiger partial charge in [-0.1, -0.05) is 15.9 Å². The summed E-state index contributed by atoms with van der Waals surface area (Å²) in [4.78, 5) is 0. The Morgan fingerprint density at radius 2 is 0.690 bits per heavy atom. The molecule has 1 heterocycles. The first-order valence-electron chi connectivity index (χ1n) is 10.2. The lowest BCUT2D eigenvalue weighted by Gasteiger charge is -2.35. The molecule has 0 radical (unpaired) electrons. The molecule has 0 amide bonds. The van der Waals surface area contributed by atoms with E-state index in [1.165, 1.54) is 0 Å². The van der Waals surface area contributed by atoms with Gasteiger partial charge in [-0.3, -0.25) is 0 Å². The highest BCUT2D eigenvalue weighted by Gasteiger charge is 2.47. The summed E-state index contributed by atoms with van der Waals surface area (Å²) in [6.07, 6.45) is 0. The Hall–Kier alpha value is -2.61. The van der Waals surface area contributed by atoms with Crippen molar-refractivity contribution < 1.29 is 65.9 Å². The molecular formula is C22BBr3F15N. The summed E-state index contributed by atoms with van der Waals surface area (Å²) in [6.45, 7) is -2.79. The van der Waals surface area contributed by atoms with Crippen molar-refractivity contribution in [1.29, 1.82) is 0 Å². The number of allylic oxidation sites excluding steroid dienone is 2. The van der Waals surface area contributed by atoms with Crippen molar-refractivity contribution in [3.63, 3.8) is 0 Å². The minimum atomic E-state index is -2.79. The lowest BCUT2D eigenvalue weighted by Crippen LogP contribution is -2.49. The molecule has 222 valence electrons. The molecule has 0 spiro atoms. The average molecular weight is 814 g/mol. The van der Waals surface area contributed by atoms with E-state index in [-0.39, 0.29) is 3.84 Å². The van der Waals surface area contributed by atoms with Crippen LogP contribution in [-0.2, 0) is 0 Å². The quantitative estimate of drug-likeness (QED) is 0.0842. The molecule has 3 aromatic carbocycles. The lowest BCUT2D eigenvalue weighted by molar-refractivity contribution is 0.375. The van der Waals surface area contributed by atoms with Gasteiger partial charge < -0.3 is 3.84 Å². The number of hydrogen-bond donors (Lipinski definition) is 0. The third-order valence-corrected chi connectivity index (χ3v) is 8.14. The van der Waals surface area contributed by atoms with E-state index in [0.29, 0.717) is 0 Å². The van der Waals surface area contributed by atoms with E-state index in [9.17, 15) is 65.9 Å². The van der Waals surface area contributed by atoms with E-state index >= 15 is 0 Å². The second-order valence-corrected chi connectivity index (χ2v) is 10.4. The van der Waals surface area contributed by atoms with E-state index in [2.05, 4.69) is 48.0 Å². The third kappa shape index (κ3) is 4.46. The second-order valence-electron chi connectivity index (χ2n) is 7.97. The van der Waals surface area contributed by atoms with E-state index in [1.54, 1.807) is 0 Å². The predicted molar refractivity (Wildman–Crippen MR) is 127 cm³/mol. The van der Waals surface area contributed by atoms with Crippen molar-refractivity contribution in [2.24, 2.45) is 0 Å². The SMILES string of the molecule is Fc1c(F)c(F)c(B2C(Br)=C(c3c(F)c(F)c(F)c(F)c3F)C(Br)=C(c3c(F)c(F)c(F)c(F)c3F)N2Br)c(F)c1F. The highest BCUT2D eigenvalue weighted by Crippen LogP contribution is 2.50. The monoisotopic (exact) mass is 811 g/mol. The van der Waals surface area contributed by atoms with Crippen LogP contribution in [-0.4, -0.2) is 10.7 Å². The molecule has 1 nitrogen and oxygen atoms in total. The number of nitrogens with zero attached hydrogens (tertiary/aromatic N) is 1. The topological polar surface area (TPSA) is 3.24 Å². The molecule has 0 bridgehead atoms. The molecule has 42 heavy (non-hydrogen) atoms. The summed E-state index contributed by atoms with van der Waals surface area (Å²) in [6, 6.07) is 0. The minimum absolute atomic E-state index is 0.0345. The van der Waals surface area contributed by atoms with Crippen LogP contribution in [0, 0.1) is 87.3 Å². The van der Waals surface area contributed by atoms with Gasteiger partial charge >= 0.3 is 6.85 Å². The van der Waals surface area contributed by atoms with Gasteiger partial charge in [0, 0.05) is 36.0 Å². The molecule has 20 heteroatoms. The number of hydrogen-bond acceptors (Lipinski definition) is 1. The van der Waals surface area contributed by atoms with Gasteiger partial charge in [-0.05, 0) is 15.9 Å². The summed E-state index contributed by atoms with van der Waals surface area (Å²) in [5.41, 5.74) is -9.07. The van der Waals surface area contributed by atoms with Crippen LogP contribution in [0.3, 0.4) is 0 Å². The van der Waals surface area contributed by atoms with Gasteiger partial charge in [0.15, 0.2) is 75.6 Å². The molecule has 4 rings (SSSR count). The maximum Gasteiger partial charge on any atom is 0.348 e. The summed E-state index contributed by atoms with van der Waals surface area (Å²) in [5, 5.41) is 0. The Labute approximate surface area is 248 Å². The second kappa shape index (κ2) is 11.1. The Bertz CT molecular complexity index is 1700. The number of benzene rings is 3. The Kier molecular flexibility index (Phi) is 8.58. The van der Waals surface area contributed by atoms with Crippen molar-refractivity contribution in [2.45, 2.75) is 0 Å². The highest BCUT2D eigenvalue weighted by molar-refractivity contribution is 9.13. The van der Waals surface area contributed by atoms with Gasteiger partial charge in [0.05, 0.1) is 16.8 Å². The van der Waals surface area contributed by atoms with Crippen LogP contribution in [0.2, 0.25) is 0 Å². The van der Waals surface area contributed by atoms with E-state index in [1.807, 2.05) is 0 Å². The van der Waals surface area contributed by atoms with Crippen LogP contribution < -0.4 is 5.46 Å². The number of rotatable bonds is 3. The first-order valence-corrected chi connectivity index (χ1v) is 12.5. The van der Waals surface area contributed by atoms with Crippen molar-refractivity contribution in [2.75, 3.05) is 0 Å². The van der Waals surface area contributed by atoms with Gasteiger partial charge in [0.1, 0.15) is 0 Å². The molecule has 1 aliphatic heterocycles. The Balaban J connectivity index is 2.28. The van der Waals surface area contributed by atoms with Crippen LogP contribution in [0.4, 0.5) is 65.9 Å². The summed E-state index contributed by atoms with van der Waals surface area (Å²) >= 11 is 7.50. The summed E-state index contributed by atoms with van der Waals surface area (Å²) in [7, 11) is 0. The molecule has 0 saturated carbocycles. The molecule has 0 fully saturated rings. The Morgan fingerprint density at radius 3 is 1.05 bits per heavy atom. The molecule has 0 N–H and O–H groups in total. The molecule has 0 saturated heterocycles. The van der Waals surface area contributed by atoms with Gasteiger partial charge in [-0.25, -0.2) is 65.9 Å². The zero-order chi connectivity index (χ0) is 31.9. The molecule has 1 aliphatic rings. The van der Waals surface area contributed by atoms with E-state index in [4.69, 9.17) is 0 Å². The van der Waals surface area contributed by atoms with Crippen LogP contribution in [0.1, 0.15) is 11.1 Å². The third-order valence-electron chi connectivity index (χ3n) is 5.77. The fourth-order valence-corrected chi connectivity index (χ4v) is 7.04. The first-order chi connectivity index (χ1) is 19.4. The average Bonchev–Trinajstić information content (AvgIpc) is 2.95. The molecule has 0 aromatic heterocycles. The van der Waals surface area contributed by atoms with Crippen molar-refractivity contribution >= 4 is 71.6 Å². The zero-order valence-corrected chi connectivity index (χ0v) is 23.6. The largest absolute Gasteiger partial charge is 0.348 e. The van der Waals surface area contributed by atoms with Crippen LogP contribution in [0.25, 0.3) is 11.3 Å². The smallest absolute Gasteiger partial charge is 0.341 e. The van der Waals surface area contributed by atoms with Gasteiger partial charge in [0.25, 0.3) is 0 Å². The van der Waals surface area contributed by atoms with Crippen molar-refractivity contribution in [3.8, 4) is 0 Å². The fourth-order valence-electron chi connectivity index (χ4n) is 3.87. The van der Waals surface area contributed by atoms with Gasteiger partial charge in [-0.15, -0.1) is 0 Å². The van der Waals surface area contributed by atoms with Crippen molar-refractivity contribution in [1.82, 2.24) is 3.84 Å². The zero-order valence-electron chi connectivity index (χ0n) is 18.8. The minimum Gasteiger partial charge on any atom is -0.341 e. The number of halogens is 18. The Morgan fingerprint density at radius 1 is 0.405 bits per heavy atom. The molecule has 0 atom stereocenters. The summed E-state index contributed by atoms with van der Waals surface area (Å²) in [5.74, 6) is -40.1. The first kappa shape index (κ1) is 32.3. The van der Waals surface area contributed by atoms with E-state index < -0.39 is 131 Å². The maximum absolute atomic E-state index is 14.9. The van der Waals surface area contributed by atoms with Crippen LogP contribution in [0.5, 0.6) is 0 Å². The lowest BCUT2D eigenvalue weighted by atomic mass is 9.52. The van der Waals surface area contributed by atoms with Crippen LogP contribution >= 0.6 is 48.0 Å². The van der Waals surface area contributed by atoms with Gasteiger partial charge in [-0.2, -0.15) is 0 Å². The summed E-state index contributed by atoms with van der Waals surface area (Å²) < 4.78 is 213. The van der Waals surface area contributed by atoms with Gasteiger partial charge in [0.2, 0.25) is 11.6 Å². The molecule has 3 aromatic rings. The predicted octanol–water partition coefficient (Wildman–Crippen LogP) is 8.71. The van der Waals surface area contributed by atoms with Crippen LogP contribution in [0.15, 0.2) is 8.86 Å². The highest BCUT2D eigenvalue weighted by atomic mass is 79.9. The standard InChI is InChI=1S/C22BBr3F15N/c24-5-1(2-6(27)12(33)18(39)13(34)7(2)28)22(25)23(4-10(31)16(37)20(41)17(38)11(4)32)42(26)21(5)3-8(29)14(35)19(40)15(36)9(3)30. The van der Waals surface area contributed by atoms with Crippen molar-refractivity contribution in [3.05, 3.63) is 107 Å². The normalized spacial score (nSPS) is 14.1. The fraction of sp³-hybridized carbons (Fsp3) is 0.